The number of anilines is 2. The molecule has 4 heteroatoms. The van der Waals surface area contributed by atoms with Gasteiger partial charge in [-0.3, -0.25) is 4.79 Å². The quantitative estimate of drug-likeness (QED) is 0.865. The van der Waals surface area contributed by atoms with Crippen LogP contribution in [0.5, 0.6) is 0 Å². The fourth-order valence-corrected chi connectivity index (χ4v) is 2.62. The van der Waals surface area contributed by atoms with Gasteiger partial charge in [0.2, 0.25) is 0 Å². The molecule has 2 aliphatic heterocycles. The van der Waals surface area contributed by atoms with Gasteiger partial charge in [0.25, 0.3) is 5.91 Å². The topological polar surface area (TPSA) is 41.6 Å². The van der Waals surface area contributed by atoms with E-state index in [2.05, 4.69) is 29.4 Å². The van der Waals surface area contributed by atoms with Crippen LogP contribution in [0, 0.1) is 0 Å². The van der Waals surface area contributed by atoms with Crippen molar-refractivity contribution in [3.63, 3.8) is 0 Å². The number of nitrogens with one attached hydrogen (secondary N) is 1. The fourth-order valence-electron chi connectivity index (χ4n) is 2.62. The van der Waals surface area contributed by atoms with Crippen LogP contribution < -0.4 is 10.2 Å². The lowest BCUT2D eigenvalue weighted by atomic mass is 10.1. The molecule has 1 fully saturated rings. The molecule has 4 nitrogen and oxygen atoms in total. The van der Waals surface area contributed by atoms with Crippen LogP contribution in [-0.4, -0.2) is 32.2 Å². The number of carbonyl (C=O) groups is 1. The molecule has 2 aliphatic rings. The summed E-state index contributed by atoms with van der Waals surface area (Å²) in [5.41, 5.74) is 3.44. The predicted octanol–water partition coefficient (Wildman–Crippen LogP) is 1.80. The Labute approximate surface area is 107 Å². The number of carbonyl (C=O) groups excluding carboxylic acids is 1. The highest BCUT2D eigenvalue weighted by molar-refractivity contribution is 5.94. The van der Waals surface area contributed by atoms with Crippen LogP contribution in [0.3, 0.4) is 0 Å². The molecule has 1 atom stereocenters. The van der Waals surface area contributed by atoms with Gasteiger partial charge < -0.3 is 15.0 Å². The van der Waals surface area contributed by atoms with Crippen molar-refractivity contribution < 1.29 is 9.53 Å². The highest BCUT2D eigenvalue weighted by Gasteiger charge is 2.24. The van der Waals surface area contributed by atoms with Crippen LogP contribution >= 0.6 is 0 Å². The van der Waals surface area contributed by atoms with Gasteiger partial charge in [0.15, 0.2) is 0 Å². The summed E-state index contributed by atoms with van der Waals surface area (Å²) < 4.78 is 5.38. The Morgan fingerprint density at radius 3 is 3.17 bits per heavy atom. The first-order valence-electron chi connectivity index (χ1n) is 6.50. The van der Waals surface area contributed by atoms with Gasteiger partial charge in [-0.2, -0.15) is 0 Å². The average molecular weight is 246 g/mol. The van der Waals surface area contributed by atoms with Crippen molar-refractivity contribution in [3.8, 4) is 0 Å². The third-order valence-electron chi connectivity index (χ3n) is 3.70. The van der Waals surface area contributed by atoms with Crippen molar-refractivity contribution in [2.24, 2.45) is 0 Å². The molecule has 0 saturated carbocycles. The Hall–Kier alpha value is -1.55. The lowest BCUT2D eigenvalue weighted by Gasteiger charge is -2.15. The van der Waals surface area contributed by atoms with E-state index in [0.717, 1.165) is 31.5 Å². The van der Waals surface area contributed by atoms with Gasteiger partial charge in [0.05, 0.1) is 0 Å². The van der Waals surface area contributed by atoms with E-state index in [1.165, 1.54) is 11.3 Å². The first kappa shape index (κ1) is 11.5. The smallest absolute Gasteiger partial charge is 0.253 e. The zero-order valence-corrected chi connectivity index (χ0v) is 10.6. The van der Waals surface area contributed by atoms with Crippen LogP contribution in [0.15, 0.2) is 18.2 Å². The van der Waals surface area contributed by atoms with Gasteiger partial charge in [0, 0.05) is 31.6 Å². The molecule has 3 rings (SSSR count). The monoisotopic (exact) mass is 246 g/mol. The van der Waals surface area contributed by atoms with E-state index in [4.69, 9.17) is 4.74 Å². The van der Waals surface area contributed by atoms with Gasteiger partial charge in [-0.1, -0.05) is 6.07 Å². The number of hydrogen-bond acceptors (Lipinski definition) is 3. The van der Waals surface area contributed by atoms with Crippen molar-refractivity contribution in [3.05, 3.63) is 23.8 Å². The molecule has 0 aromatic heterocycles. The molecule has 0 radical (unpaired) electrons. The Kier molecular flexibility index (Phi) is 2.96. The second kappa shape index (κ2) is 4.61. The van der Waals surface area contributed by atoms with Crippen LogP contribution in [0.4, 0.5) is 11.4 Å². The summed E-state index contributed by atoms with van der Waals surface area (Å²) in [5.74, 6) is -0.0203. The van der Waals surface area contributed by atoms with E-state index in [1.54, 1.807) is 0 Å². The molecular formula is C14H18N2O2. The number of rotatable bonds is 2. The van der Waals surface area contributed by atoms with E-state index in [9.17, 15) is 4.79 Å². The van der Waals surface area contributed by atoms with E-state index in [0.29, 0.717) is 6.61 Å². The van der Waals surface area contributed by atoms with Crippen molar-refractivity contribution in [1.82, 2.24) is 0 Å². The van der Waals surface area contributed by atoms with Crippen LogP contribution in [0.2, 0.25) is 0 Å². The van der Waals surface area contributed by atoms with Gasteiger partial charge in [0.1, 0.15) is 6.10 Å². The summed E-state index contributed by atoms with van der Waals surface area (Å²) in [7, 11) is 2.08. The van der Waals surface area contributed by atoms with Gasteiger partial charge in [-0.15, -0.1) is 0 Å². The second-order valence-corrected chi connectivity index (χ2v) is 5.01. The third-order valence-corrected chi connectivity index (χ3v) is 3.70. The highest BCUT2D eigenvalue weighted by Crippen LogP contribution is 2.29. The molecule has 1 aromatic rings. The first-order chi connectivity index (χ1) is 8.74. The molecule has 1 saturated heterocycles. The average Bonchev–Trinajstić information content (AvgIpc) is 3.00. The maximum absolute atomic E-state index is 11.9. The van der Waals surface area contributed by atoms with Crippen LogP contribution in [-0.2, 0) is 16.0 Å². The van der Waals surface area contributed by atoms with E-state index in [-0.39, 0.29) is 12.0 Å². The minimum Gasteiger partial charge on any atom is -0.374 e. The van der Waals surface area contributed by atoms with Crippen LogP contribution in [0.1, 0.15) is 18.4 Å². The van der Waals surface area contributed by atoms with Gasteiger partial charge in [-0.25, -0.2) is 0 Å². The third kappa shape index (κ3) is 2.08. The maximum atomic E-state index is 11.9. The summed E-state index contributed by atoms with van der Waals surface area (Å²) in [6.45, 7) is 1.75. The van der Waals surface area contributed by atoms with Crippen molar-refractivity contribution in [2.45, 2.75) is 25.4 Å². The Bertz CT molecular complexity index is 467. The Morgan fingerprint density at radius 2 is 2.39 bits per heavy atom. The summed E-state index contributed by atoms with van der Waals surface area (Å²) >= 11 is 0. The number of fused-ring (bicyclic) bond motifs is 1. The lowest BCUT2D eigenvalue weighted by molar-refractivity contribution is -0.124. The summed E-state index contributed by atoms with van der Waals surface area (Å²) in [5, 5.41) is 2.94. The molecule has 1 N–H and O–H groups in total. The predicted molar refractivity (Wildman–Crippen MR) is 71.0 cm³/mol. The summed E-state index contributed by atoms with van der Waals surface area (Å²) in [4.78, 5) is 14.2. The molecule has 18 heavy (non-hydrogen) atoms. The highest BCUT2D eigenvalue weighted by atomic mass is 16.5. The maximum Gasteiger partial charge on any atom is 0.253 e. The minimum absolute atomic E-state index is 0.0203. The molecule has 1 unspecified atom stereocenters. The van der Waals surface area contributed by atoms with Gasteiger partial charge >= 0.3 is 0 Å². The number of ether oxygens (including phenoxy) is 1. The van der Waals surface area contributed by atoms with Gasteiger partial charge in [-0.05, 0) is 37.0 Å². The largest absolute Gasteiger partial charge is 0.374 e. The van der Waals surface area contributed by atoms with Crippen molar-refractivity contribution >= 4 is 17.3 Å². The molecular weight excluding hydrogens is 228 g/mol. The number of amides is 1. The zero-order chi connectivity index (χ0) is 12.5. The summed E-state index contributed by atoms with van der Waals surface area (Å²) in [6, 6.07) is 6.13. The van der Waals surface area contributed by atoms with E-state index < -0.39 is 0 Å². The van der Waals surface area contributed by atoms with Crippen molar-refractivity contribution in [2.75, 3.05) is 30.4 Å². The molecule has 2 heterocycles. The first-order valence-corrected chi connectivity index (χ1v) is 6.50. The SMILES string of the molecule is CN1CCc2ccc(NC(=O)C3CCCO3)cc21. The molecule has 96 valence electrons. The molecule has 0 spiro atoms. The minimum atomic E-state index is -0.268. The number of hydrogen-bond donors (Lipinski definition) is 1. The van der Waals surface area contributed by atoms with E-state index >= 15 is 0 Å². The molecule has 0 aliphatic carbocycles. The summed E-state index contributed by atoms with van der Waals surface area (Å²) in [6.07, 6.45) is 2.63. The molecule has 1 amide bonds. The second-order valence-electron chi connectivity index (χ2n) is 5.01. The lowest BCUT2D eigenvalue weighted by Crippen LogP contribution is -2.26. The fraction of sp³-hybridized carbons (Fsp3) is 0.500. The zero-order valence-electron chi connectivity index (χ0n) is 10.6. The van der Waals surface area contributed by atoms with Crippen LogP contribution in [0.25, 0.3) is 0 Å². The molecule has 1 aromatic carbocycles. The number of benzene rings is 1. The Morgan fingerprint density at radius 1 is 1.50 bits per heavy atom. The van der Waals surface area contributed by atoms with E-state index in [1.807, 2.05) is 6.07 Å². The normalized spacial score (nSPS) is 22.1. The van der Waals surface area contributed by atoms with Crippen molar-refractivity contribution in [1.29, 1.82) is 0 Å². The Balaban J connectivity index is 1.73. The number of nitrogens with zero attached hydrogens (tertiary/aromatic N) is 1. The standard InChI is InChI=1S/C14H18N2O2/c1-16-7-6-10-4-5-11(9-12(10)16)15-14(17)13-3-2-8-18-13/h4-5,9,13H,2-3,6-8H2,1H3,(H,15,17). The molecule has 0 bridgehead atoms. The number of likely N-dealkylation sites (N-methyl/N-ethyl adjacent to an activating group) is 1.